The van der Waals surface area contributed by atoms with Crippen LogP contribution in [0.15, 0.2) is 5.38 Å². The Morgan fingerprint density at radius 1 is 1.58 bits per heavy atom. The molecule has 1 unspecified atom stereocenters. The number of aromatic nitrogens is 1. The van der Waals surface area contributed by atoms with Gasteiger partial charge < -0.3 is 16.0 Å². The molecule has 0 spiro atoms. The van der Waals surface area contributed by atoms with Gasteiger partial charge in [-0.15, -0.1) is 11.3 Å². The topological polar surface area (TPSA) is 71.2 Å². The standard InChI is InChI=1S/C13H22N4OS/c1-10(8-17-4-2-3-5-17)7-15-13(18)11-9-19-12(6-14)16-11/h9-10H,2-8,14H2,1H3,(H,15,18). The molecule has 1 aliphatic rings. The zero-order chi connectivity index (χ0) is 13.7. The van der Waals surface area contributed by atoms with Crippen LogP contribution >= 0.6 is 11.3 Å². The maximum atomic E-state index is 11.9. The van der Waals surface area contributed by atoms with E-state index in [2.05, 4.69) is 22.1 Å². The maximum absolute atomic E-state index is 11.9. The third-order valence-electron chi connectivity index (χ3n) is 3.34. The lowest BCUT2D eigenvalue weighted by atomic mass is 10.1. The lowest BCUT2D eigenvalue weighted by Gasteiger charge is -2.20. The fraction of sp³-hybridized carbons (Fsp3) is 0.692. The molecule has 1 fully saturated rings. The van der Waals surface area contributed by atoms with E-state index in [4.69, 9.17) is 5.73 Å². The predicted octanol–water partition coefficient (Wildman–Crippen LogP) is 1.06. The van der Waals surface area contributed by atoms with Crippen LogP contribution in [0.1, 0.15) is 35.3 Å². The van der Waals surface area contributed by atoms with Crippen molar-refractivity contribution in [2.45, 2.75) is 26.3 Å². The average Bonchev–Trinajstić information content (AvgIpc) is 3.06. The molecule has 0 aliphatic carbocycles. The molecule has 5 nitrogen and oxygen atoms in total. The number of nitrogens with zero attached hydrogens (tertiary/aromatic N) is 2. The summed E-state index contributed by atoms with van der Waals surface area (Å²) in [6, 6.07) is 0. The number of likely N-dealkylation sites (tertiary alicyclic amines) is 1. The number of hydrogen-bond acceptors (Lipinski definition) is 5. The van der Waals surface area contributed by atoms with Crippen LogP contribution in [0, 0.1) is 5.92 Å². The third kappa shape index (κ3) is 4.26. The smallest absolute Gasteiger partial charge is 0.270 e. The summed E-state index contributed by atoms with van der Waals surface area (Å²) in [5.41, 5.74) is 5.97. The highest BCUT2D eigenvalue weighted by Gasteiger charge is 2.16. The van der Waals surface area contributed by atoms with Gasteiger partial charge in [-0.05, 0) is 31.8 Å². The molecule has 3 N–H and O–H groups in total. The van der Waals surface area contributed by atoms with Crippen molar-refractivity contribution in [1.82, 2.24) is 15.2 Å². The van der Waals surface area contributed by atoms with E-state index >= 15 is 0 Å². The van der Waals surface area contributed by atoms with Gasteiger partial charge in [0.2, 0.25) is 0 Å². The number of amides is 1. The van der Waals surface area contributed by atoms with Gasteiger partial charge in [0.25, 0.3) is 5.91 Å². The fourth-order valence-electron chi connectivity index (χ4n) is 2.34. The Kier molecular flexibility index (Phi) is 5.30. The fourth-order valence-corrected chi connectivity index (χ4v) is 2.99. The predicted molar refractivity (Wildman–Crippen MR) is 77.2 cm³/mol. The van der Waals surface area contributed by atoms with Crippen LogP contribution in [0.5, 0.6) is 0 Å². The van der Waals surface area contributed by atoms with Crippen molar-refractivity contribution in [2.24, 2.45) is 11.7 Å². The largest absolute Gasteiger partial charge is 0.350 e. The third-order valence-corrected chi connectivity index (χ3v) is 4.21. The molecule has 1 aromatic rings. The summed E-state index contributed by atoms with van der Waals surface area (Å²) in [6.07, 6.45) is 2.61. The quantitative estimate of drug-likeness (QED) is 0.818. The molecule has 1 atom stereocenters. The van der Waals surface area contributed by atoms with Crippen LogP contribution in [0.3, 0.4) is 0 Å². The Bertz CT molecular complexity index is 415. The van der Waals surface area contributed by atoms with E-state index in [0.717, 1.165) is 11.6 Å². The van der Waals surface area contributed by atoms with E-state index in [9.17, 15) is 4.79 Å². The summed E-state index contributed by atoms with van der Waals surface area (Å²) in [5.74, 6) is 0.374. The summed E-state index contributed by atoms with van der Waals surface area (Å²) < 4.78 is 0. The van der Waals surface area contributed by atoms with Gasteiger partial charge in [0.15, 0.2) is 0 Å². The van der Waals surface area contributed by atoms with Gasteiger partial charge in [-0.1, -0.05) is 6.92 Å². The van der Waals surface area contributed by atoms with Crippen LogP contribution in [0.4, 0.5) is 0 Å². The second kappa shape index (κ2) is 6.98. The van der Waals surface area contributed by atoms with Crippen LogP contribution in [0.2, 0.25) is 0 Å². The first kappa shape index (κ1) is 14.4. The molecule has 2 heterocycles. The van der Waals surface area contributed by atoms with Crippen molar-refractivity contribution in [3.63, 3.8) is 0 Å². The van der Waals surface area contributed by atoms with Gasteiger partial charge in [-0.25, -0.2) is 4.98 Å². The molecule has 0 bridgehead atoms. The second-order valence-corrected chi connectivity index (χ2v) is 6.10. The van der Waals surface area contributed by atoms with E-state index in [1.165, 1.54) is 37.3 Å². The summed E-state index contributed by atoms with van der Waals surface area (Å²) in [5, 5.41) is 5.52. The average molecular weight is 282 g/mol. The number of hydrogen-bond donors (Lipinski definition) is 2. The van der Waals surface area contributed by atoms with Gasteiger partial charge in [-0.3, -0.25) is 4.79 Å². The van der Waals surface area contributed by atoms with Gasteiger partial charge in [0, 0.05) is 25.0 Å². The van der Waals surface area contributed by atoms with Gasteiger partial charge in [0.05, 0.1) is 0 Å². The molecule has 19 heavy (non-hydrogen) atoms. The Morgan fingerprint density at radius 2 is 2.32 bits per heavy atom. The normalized spacial score (nSPS) is 17.6. The van der Waals surface area contributed by atoms with Gasteiger partial charge in [-0.2, -0.15) is 0 Å². The first-order chi connectivity index (χ1) is 9.19. The lowest BCUT2D eigenvalue weighted by molar-refractivity contribution is 0.0940. The number of thiazole rings is 1. The molecule has 1 saturated heterocycles. The summed E-state index contributed by atoms with van der Waals surface area (Å²) in [4.78, 5) is 18.5. The van der Waals surface area contributed by atoms with E-state index < -0.39 is 0 Å². The first-order valence-corrected chi connectivity index (χ1v) is 7.72. The van der Waals surface area contributed by atoms with Crippen molar-refractivity contribution in [2.75, 3.05) is 26.2 Å². The Morgan fingerprint density at radius 3 is 2.95 bits per heavy atom. The van der Waals surface area contributed by atoms with Gasteiger partial charge in [0.1, 0.15) is 10.7 Å². The molecule has 0 radical (unpaired) electrons. The maximum Gasteiger partial charge on any atom is 0.270 e. The number of rotatable bonds is 6. The number of nitrogens with two attached hydrogens (primary N) is 1. The zero-order valence-corrected chi connectivity index (χ0v) is 12.2. The molecular formula is C13H22N4OS. The van der Waals surface area contributed by atoms with E-state index in [-0.39, 0.29) is 5.91 Å². The Balaban J connectivity index is 1.73. The molecule has 1 amide bonds. The zero-order valence-electron chi connectivity index (χ0n) is 11.4. The van der Waals surface area contributed by atoms with Crippen molar-refractivity contribution in [3.8, 4) is 0 Å². The van der Waals surface area contributed by atoms with Crippen molar-refractivity contribution in [3.05, 3.63) is 16.1 Å². The number of carbonyl (C=O) groups is 1. The molecular weight excluding hydrogens is 260 g/mol. The minimum atomic E-state index is -0.0933. The van der Waals surface area contributed by atoms with Crippen molar-refractivity contribution < 1.29 is 4.79 Å². The molecule has 0 aromatic carbocycles. The summed E-state index contributed by atoms with van der Waals surface area (Å²) >= 11 is 1.43. The molecule has 6 heteroatoms. The van der Waals surface area contributed by atoms with Crippen molar-refractivity contribution in [1.29, 1.82) is 0 Å². The van der Waals surface area contributed by atoms with Crippen molar-refractivity contribution >= 4 is 17.2 Å². The second-order valence-electron chi connectivity index (χ2n) is 5.15. The van der Waals surface area contributed by atoms with Crippen LogP contribution in [0.25, 0.3) is 0 Å². The minimum absolute atomic E-state index is 0.0933. The monoisotopic (exact) mass is 282 g/mol. The molecule has 1 aliphatic heterocycles. The highest BCUT2D eigenvalue weighted by atomic mass is 32.1. The number of nitrogens with one attached hydrogen (secondary N) is 1. The van der Waals surface area contributed by atoms with E-state index in [1.54, 1.807) is 5.38 Å². The molecule has 2 rings (SSSR count). The highest BCUT2D eigenvalue weighted by Crippen LogP contribution is 2.11. The molecule has 1 aromatic heterocycles. The number of carbonyl (C=O) groups excluding carboxylic acids is 1. The lowest BCUT2D eigenvalue weighted by Crippen LogP contribution is -2.34. The molecule has 0 saturated carbocycles. The SMILES string of the molecule is CC(CNC(=O)c1csc(CN)n1)CN1CCCC1. The van der Waals surface area contributed by atoms with E-state index in [0.29, 0.717) is 24.7 Å². The highest BCUT2D eigenvalue weighted by molar-refractivity contribution is 7.09. The van der Waals surface area contributed by atoms with Gasteiger partial charge >= 0.3 is 0 Å². The Labute approximate surface area is 118 Å². The van der Waals surface area contributed by atoms with Crippen LogP contribution in [-0.4, -0.2) is 42.0 Å². The Hall–Kier alpha value is -0.980. The van der Waals surface area contributed by atoms with E-state index in [1.807, 2.05) is 0 Å². The molecule has 106 valence electrons. The summed E-state index contributed by atoms with van der Waals surface area (Å²) in [6.45, 7) is 6.72. The van der Waals surface area contributed by atoms with Crippen LogP contribution in [-0.2, 0) is 6.54 Å². The van der Waals surface area contributed by atoms with Crippen LogP contribution < -0.4 is 11.1 Å². The first-order valence-electron chi connectivity index (χ1n) is 6.84. The summed E-state index contributed by atoms with van der Waals surface area (Å²) in [7, 11) is 0. The minimum Gasteiger partial charge on any atom is -0.350 e.